The van der Waals surface area contributed by atoms with Crippen molar-refractivity contribution in [1.82, 2.24) is 4.98 Å². The van der Waals surface area contributed by atoms with Gasteiger partial charge in [-0.3, -0.25) is 9.59 Å². The van der Waals surface area contributed by atoms with Crippen LogP contribution in [0.4, 0.5) is 5.69 Å². The molecule has 0 fully saturated rings. The molecule has 1 heterocycles. The molecule has 4 aromatic rings. The van der Waals surface area contributed by atoms with E-state index in [0.717, 1.165) is 33.5 Å². The Balaban J connectivity index is 1.26. The first kappa shape index (κ1) is 24.0. The number of anilines is 1. The van der Waals surface area contributed by atoms with Crippen LogP contribution in [0.3, 0.4) is 0 Å². The fourth-order valence-electron chi connectivity index (χ4n) is 3.84. The summed E-state index contributed by atoms with van der Waals surface area (Å²) in [5, 5.41) is 12.8. The van der Waals surface area contributed by atoms with Gasteiger partial charge in [0.1, 0.15) is 12.4 Å². The van der Waals surface area contributed by atoms with Crippen LogP contribution in [0, 0.1) is 0 Å². The lowest BCUT2D eigenvalue weighted by atomic mass is 9.96. The molecule has 1 unspecified atom stereocenters. The monoisotopic (exact) mass is 468 g/mol. The van der Waals surface area contributed by atoms with Crippen LogP contribution in [-0.2, 0) is 22.6 Å². The van der Waals surface area contributed by atoms with E-state index in [1.165, 1.54) is 0 Å². The highest BCUT2D eigenvalue weighted by Crippen LogP contribution is 2.23. The molecule has 0 radical (unpaired) electrons. The van der Waals surface area contributed by atoms with E-state index in [1.807, 2.05) is 91.9 Å². The number of rotatable bonds is 10. The van der Waals surface area contributed by atoms with E-state index in [1.54, 1.807) is 0 Å². The van der Waals surface area contributed by atoms with Gasteiger partial charge in [0.2, 0.25) is 5.91 Å². The van der Waals surface area contributed by atoms with Gasteiger partial charge in [0, 0.05) is 17.5 Å². The van der Waals surface area contributed by atoms with E-state index >= 15 is 0 Å². The van der Waals surface area contributed by atoms with Crippen molar-refractivity contribution in [3.8, 4) is 5.75 Å². The van der Waals surface area contributed by atoms with Crippen LogP contribution >= 0.6 is 0 Å². The number of aromatic nitrogens is 1. The van der Waals surface area contributed by atoms with E-state index in [2.05, 4.69) is 10.3 Å². The number of ether oxygens (including phenoxy) is 1. The highest BCUT2D eigenvalue weighted by atomic mass is 16.5. The van der Waals surface area contributed by atoms with Crippen LogP contribution in [-0.4, -0.2) is 22.0 Å². The molecule has 1 atom stereocenters. The number of hydrogen-bond acceptors (Lipinski definition) is 4. The van der Waals surface area contributed by atoms with Crippen molar-refractivity contribution in [1.29, 1.82) is 0 Å². The maximum Gasteiger partial charge on any atom is 0.303 e. The van der Waals surface area contributed by atoms with Crippen LogP contribution in [0.25, 0.3) is 10.9 Å². The molecule has 178 valence electrons. The lowest BCUT2D eigenvalue weighted by molar-refractivity contribution is -0.137. The maximum atomic E-state index is 12.5. The lowest BCUT2D eigenvalue weighted by Gasteiger charge is -2.12. The largest absolute Gasteiger partial charge is 0.487 e. The third-order valence-electron chi connectivity index (χ3n) is 5.89. The molecule has 0 bridgehead atoms. The molecule has 6 nitrogen and oxygen atoms in total. The number of carbonyl (C=O) groups is 2. The zero-order valence-corrected chi connectivity index (χ0v) is 19.6. The Labute approximate surface area is 204 Å². The molecule has 1 amide bonds. The topological polar surface area (TPSA) is 88.5 Å². The average molecular weight is 469 g/mol. The SMILES string of the molecule is CC(CCC(=O)O)c1ccc(NC(=O)Cc2ccc(OCc3ccc4ccccc4n3)cc2)cc1. The predicted octanol–water partition coefficient (Wildman–Crippen LogP) is 5.96. The summed E-state index contributed by atoms with van der Waals surface area (Å²) in [4.78, 5) is 27.8. The van der Waals surface area contributed by atoms with Gasteiger partial charge in [0.15, 0.2) is 0 Å². The molecule has 0 saturated carbocycles. The zero-order valence-electron chi connectivity index (χ0n) is 19.6. The molecule has 35 heavy (non-hydrogen) atoms. The Morgan fingerprint density at radius 1 is 0.943 bits per heavy atom. The molecule has 6 heteroatoms. The number of pyridine rings is 1. The molecule has 0 aliphatic carbocycles. The Morgan fingerprint density at radius 3 is 2.43 bits per heavy atom. The summed E-state index contributed by atoms with van der Waals surface area (Å²) < 4.78 is 5.86. The molecule has 2 N–H and O–H groups in total. The van der Waals surface area contributed by atoms with Crippen molar-refractivity contribution in [2.45, 2.75) is 38.7 Å². The lowest BCUT2D eigenvalue weighted by Crippen LogP contribution is -2.14. The van der Waals surface area contributed by atoms with E-state index in [-0.39, 0.29) is 24.7 Å². The molecule has 1 aromatic heterocycles. The van der Waals surface area contributed by atoms with Crippen LogP contribution in [0.1, 0.15) is 42.5 Å². The average Bonchev–Trinajstić information content (AvgIpc) is 2.87. The van der Waals surface area contributed by atoms with E-state index in [0.29, 0.717) is 18.7 Å². The van der Waals surface area contributed by atoms with Crippen molar-refractivity contribution >= 4 is 28.5 Å². The summed E-state index contributed by atoms with van der Waals surface area (Å²) in [6.45, 7) is 2.37. The quantitative estimate of drug-likeness (QED) is 0.300. The number of carbonyl (C=O) groups excluding carboxylic acids is 1. The fourth-order valence-corrected chi connectivity index (χ4v) is 3.84. The van der Waals surface area contributed by atoms with Crippen molar-refractivity contribution < 1.29 is 19.4 Å². The number of para-hydroxylation sites is 1. The van der Waals surface area contributed by atoms with Gasteiger partial charge in [-0.1, -0.05) is 55.5 Å². The maximum absolute atomic E-state index is 12.5. The van der Waals surface area contributed by atoms with Gasteiger partial charge in [-0.25, -0.2) is 4.98 Å². The smallest absolute Gasteiger partial charge is 0.303 e. The van der Waals surface area contributed by atoms with Crippen molar-refractivity contribution in [3.05, 3.63) is 102 Å². The normalized spacial score (nSPS) is 11.7. The molecule has 0 spiro atoms. The summed E-state index contributed by atoms with van der Waals surface area (Å²) >= 11 is 0. The summed E-state index contributed by atoms with van der Waals surface area (Å²) in [5.41, 5.74) is 4.45. The number of nitrogens with zero attached hydrogens (tertiary/aromatic N) is 1. The summed E-state index contributed by atoms with van der Waals surface area (Å²) in [7, 11) is 0. The van der Waals surface area contributed by atoms with Gasteiger partial charge in [-0.15, -0.1) is 0 Å². The van der Waals surface area contributed by atoms with Crippen LogP contribution in [0.5, 0.6) is 5.75 Å². The van der Waals surface area contributed by atoms with Crippen LogP contribution in [0.2, 0.25) is 0 Å². The second-order valence-corrected chi connectivity index (χ2v) is 8.61. The minimum Gasteiger partial charge on any atom is -0.487 e. The summed E-state index contributed by atoms with van der Waals surface area (Å²) in [5.74, 6) is -0.0294. The van der Waals surface area contributed by atoms with Crippen LogP contribution < -0.4 is 10.1 Å². The molecule has 4 rings (SSSR count). The molecule has 0 aliphatic rings. The number of benzene rings is 3. The Morgan fingerprint density at radius 2 is 1.69 bits per heavy atom. The van der Waals surface area contributed by atoms with Gasteiger partial charge < -0.3 is 15.2 Å². The highest BCUT2D eigenvalue weighted by Gasteiger charge is 2.09. The zero-order chi connectivity index (χ0) is 24.6. The molecule has 0 aliphatic heterocycles. The molecular weight excluding hydrogens is 440 g/mol. The molecular formula is C29H28N2O4. The van der Waals surface area contributed by atoms with Crippen molar-refractivity contribution in [3.63, 3.8) is 0 Å². The van der Waals surface area contributed by atoms with E-state index in [9.17, 15) is 9.59 Å². The van der Waals surface area contributed by atoms with Crippen molar-refractivity contribution in [2.75, 3.05) is 5.32 Å². The number of nitrogens with one attached hydrogen (secondary N) is 1. The number of fused-ring (bicyclic) bond motifs is 1. The number of amides is 1. The second kappa shape index (κ2) is 11.3. The summed E-state index contributed by atoms with van der Waals surface area (Å²) in [6, 6.07) is 27.0. The third-order valence-corrected chi connectivity index (χ3v) is 5.89. The minimum atomic E-state index is -0.790. The Hall–Kier alpha value is -4.19. The van der Waals surface area contributed by atoms with Crippen LogP contribution in [0.15, 0.2) is 84.9 Å². The first-order valence-electron chi connectivity index (χ1n) is 11.6. The summed E-state index contributed by atoms with van der Waals surface area (Å²) in [6.07, 6.45) is 0.979. The van der Waals surface area contributed by atoms with Gasteiger partial charge in [-0.05, 0) is 59.9 Å². The molecule has 0 saturated heterocycles. The fraction of sp³-hybridized carbons (Fsp3) is 0.207. The van der Waals surface area contributed by atoms with Gasteiger partial charge in [-0.2, -0.15) is 0 Å². The van der Waals surface area contributed by atoms with E-state index < -0.39 is 5.97 Å². The van der Waals surface area contributed by atoms with Gasteiger partial charge in [0.05, 0.1) is 17.6 Å². The Kier molecular flexibility index (Phi) is 7.73. The standard InChI is InChI=1S/C29H28N2O4/c1-20(6-17-29(33)34)22-9-12-24(13-10-22)31-28(32)18-21-7-15-26(16-8-21)35-19-25-14-11-23-4-2-3-5-27(23)30-25/h2-5,7-16,20H,6,17-19H2,1H3,(H,31,32)(H,33,34). The predicted molar refractivity (Wildman–Crippen MR) is 137 cm³/mol. The number of aliphatic carboxylic acids is 1. The van der Waals surface area contributed by atoms with Gasteiger partial charge >= 0.3 is 5.97 Å². The number of carboxylic acid groups (broad SMARTS) is 1. The number of hydrogen-bond donors (Lipinski definition) is 2. The number of carboxylic acids is 1. The van der Waals surface area contributed by atoms with Crippen molar-refractivity contribution in [2.24, 2.45) is 0 Å². The molecule has 3 aromatic carbocycles. The first-order valence-corrected chi connectivity index (χ1v) is 11.6. The Bertz CT molecular complexity index is 1300. The third kappa shape index (κ3) is 6.90. The van der Waals surface area contributed by atoms with Gasteiger partial charge in [0.25, 0.3) is 0 Å². The second-order valence-electron chi connectivity index (χ2n) is 8.61. The first-order chi connectivity index (χ1) is 17.0. The highest BCUT2D eigenvalue weighted by molar-refractivity contribution is 5.92. The minimum absolute atomic E-state index is 0.106. The van der Waals surface area contributed by atoms with E-state index in [4.69, 9.17) is 9.84 Å².